The molecule has 0 atom stereocenters. The number of likely N-dealkylation sites (tertiary alicyclic amines) is 1. The number of piperidine rings is 1. The number of amides is 1. The minimum absolute atomic E-state index is 0.161. The Labute approximate surface area is 200 Å². The molecule has 6 aliphatic rings. The standard InChI is InChI=1S/C29H43N3O/c1-30(2)11-5-8-27(33)32-19-23-6-3-4-7-26(23)29(20-32)9-12-31(13-10-29)28-24-15-21-14-22(17-24)18-25(28)16-21/h3-4,6-7,21-22,24-25,28H,5,8-20H2,1-2H3. The van der Waals surface area contributed by atoms with Crippen molar-refractivity contribution in [2.45, 2.75) is 75.8 Å². The van der Waals surface area contributed by atoms with Gasteiger partial charge in [-0.1, -0.05) is 24.3 Å². The van der Waals surface area contributed by atoms with Gasteiger partial charge in [0.25, 0.3) is 0 Å². The summed E-state index contributed by atoms with van der Waals surface area (Å²) in [5, 5.41) is 0. The number of fused-ring (bicyclic) bond motifs is 2. The fourth-order valence-electron chi connectivity index (χ4n) is 8.94. The maximum absolute atomic E-state index is 13.2. The molecule has 4 nitrogen and oxygen atoms in total. The van der Waals surface area contributed by atoms with Gasteiger partial charge in [-0.3, -0.25) is 9.69 Å². The van der Waals surface area contributed by atoms with Crippen LogP contribution in [0.4, 0.5) is 0 Å². The number of hydrogen-bond donors (Lipinski definition) is 0. The van der Waals surface area contributed by atoms with Crippen molar-refractivity contribution in [3.63, 3.8) is 0 Å². The van der Waals surface area contributed by atoms with E-state index in [1.54, 1.807) is 5.56 Å². The van der Waals surface area contributed by atoms with E-state index in [4.69, 9.17) is 0 Å². The van der Waals surface area contributed by atoms with Crippen molar-refractivity contribution in [2.24, 2.45) is 23.7 Å². The van der Waals surface area contributed by atoms with Crippen molar-refractivity contribution in [3.8, 4) is 0 Å². The minimum atomic E-state index is 0.161. The molecular formula is C29H43N3O. The summed E-state index contributed by atoms with van der Waals surface area (Å²) in [4.78, 5) is 20.5. The number of hydrogen-bond acceptors (Lipinski definition) is 3. The lowest BCUT2D eigenvalue weighted by atomic mass is 9.53. The van der Waals surface area contributed by atoms with Crippen molar-refractivity contribution in [1.29, 1.82) is 0 Å². The molecule has 4 saturated carbocycles. The van der Waals surface area contributed by atoms with Crippen LogP contribution in [0.1, 0.15) is 68.9 Å². The smallest absolute Gasteiger partial charge is 0.222 e. The van der Waals surface area contributed by atoms with Crippen LogP contribution in [0, 0.1) is 23.7 Å². The van der Waals surface area contributed by atoms with Crippen LogP contribution in [-0.4, -0.2) is 66.9 Å². The average Bonchev–Trinajstić information content (AvgIpc) is 2.79. The molecule has 180 valence electrons. The van der Waals surface area contributed by atoms with Crippen LogP contribution >= 0.6 is 0 Å². The molecule has 7 rings (SSSR count). The number of carbonyl (C=O) groups excluding carboxylic acids is 1. The van der Waals surface area contributed by atoms with Gasteiger partial charge in [-0.05, 0) is 120 Å². The zero-order valence-corrected chi connectivity index (χ0v) is 20.8. The lowest BCUT2D eigenvalue weighted by Crippen LogP contribution is -2.60. The van der Waals surface area contributed by atoms with Gasteiger partial charge in [-0.15, -0.1) is 0 Å². The van der Waals surface area contributed by atoms with E-state index < -0.39 is 0 Å². The van der Waals surface area contributed by atoms with Crippen molar-refractivity contribution in [3.05, 3.63) is 35.4 Å². The maximum Gasteiger partial charge on any atom is 0.222 e. The predicted molar refractivity (Wildman–Crippen MR) is 133 cm³/mol. The molecule has 33 heavy (non-hydrogen) atoms. The molecule has 4 heteroatoms. The van der Waals surface area contributed by atoms with E-state index >= 15 is 0 Å². The Balaban J connectivity index is 1.17. The van der Waals surface area contributed by atoms with Crippen molar-refractivity contribution < 1.29 is 4.79 Å². The van der Waals surface area contributed by atoms with E-state index in [1.807, 2.05) is 0 Å². The second kappa shape index (κ2) is 8.68. The van der Waals surface area contributed by atoms with Crippen LogP contribution in [0.15, 0.2) is 24.3 Å². The fourth-order valence-corrected chi connectivity index (χ4v) is 8.94. The maximum atomic E-state index is 13.2. The first-order valence-corrected chi connectivity index (χ1v) is 13.8. The molecular weight excluding hydrogens is 406 g/mol. The van der Waals surface area contributed by atoms with E-state index in [1.165, 1.54) is 63.6 Å². The first-order chi connectivity index (χ1) is 16.0. The summed E-state index contributed by atoms with van der Waals surface area (Å²) in [6.07, 6.45) is 11.7. The van der Waals surface area contributed by atoms with E-state index in [-0.39, 0.29) is 5.41 Å². The summed E-state index contributed by atoms with van der Waals surface area (Å²) in [5.74, 6) is 4.41. The summed E-state index contributed by atoms with van der Waals surface area (Å²) in [6.45, 7) is 5.17. The monoisotopic (exact) mass is 449 g/mol. The van der Waals surface area contributed by atoms with E-state index in [0.29, 0.717) is 12.3 Å². The van der Waals surface area contributed by atoms with Crippen LogP contribution in [0.25, 0.3) is 0 Å². The SMILES string of the molecule is CN(C)CCCC(=O)N1Cc2ccccc2C2(CCN(C3C4CC5CC(C4)CC3C5)CC2)C1. The van der Waals surface area contributed by atoms with Gasteiger partial charge in [0.05, 0.1) is 0 Å². The molecule has 1 spiro atoms. The highest BCUT2D eigenvalue weighted by Gasteiger charge is 2.52. The van der Waals surface area contributed by atoms with Crippen molar-refractivity contribution in [1.82, 2.24) is 14.7 Å². The van der Waals surface area contributed by atoms with E-state index in [0.717, 1.165) is 55.8 Å². The summed E-state index contributed by atoms with van der Waals surface area (Å²) in [7, 11) is 4.18. The quantitative estimate of drug-likeness (QED) is 0.661. The lowest BCUT2D eigenvalue weighted by molar-refractivity contribution is -0.134. The third kappa shape index (κ3) is 4.05. The van der Waals surface area contributed by atoms with E-state index in [2.05, 4.69) is 53.1 Å². The van der Waals surface area contributed by atoms with Crippen molar-refractivity contribution >= 4 is 5.91 Å². The first-order valence-electron chi connectivity index (χ1n) is 13.8. The molecule has 2 heterocycles. The minimum Gasteiger partial charge on any atom is -0.337 e. The van der Waals surface area contributed by atoms with Gasteiger partial charge in [0.15, 0.2) is 0 Å². The average molecular weight is 450 g/mol. The molecule has 1 amide bonds. The number of carbonyl (C=O) groups is 1. The summed E-state index contributed by atoms with van der Waals surface area (Å²) < 4.78 is 0. The highest BCUT2D eigenvalue weighted by atomic mass is 16.2. The Morgan fingerprint density at radius 3 is 2.33 bits per heavy atom. The van der Waals surface area contributed by atoms with Crippen LogP contribution in [0.5, 0.6) is 0 Å². The van der Waals surface area contributed by atoms with Gasteiger partial charge in [0.2, 0.25) is 5.91 Å². The third-order valence-corrected chi connectivity index (χ3v) is 10.1. The zero-order chi connectivity index (χ0) is 22.6. The highest BCUT2D eigenvalue weighted by Crippen LogP contribution is 2.56. The largest absolute Gasteiger partial charge is 0.337 e. The topological polar surface area (TPSA) is 26.8 Å². The molecule has 0 unspecified atom stereocenters. The molecule has 5 fully saturated rings. The summed E-state index contributed by atoms with van der Waals surface area (Å²) in [5.41, 5.74) is 3.11. The Morgan fingerprint density at radius 2 is 1.67 bits per heavy atom. The Morgan fingerprint density at radius 1 is 1.00 bits per heavy atom. The van der Waals surface area contributed by atoms with Gasteiger partial charge in [-0.25, -0.2) is 0 Å². The number of benzene rings is 1. The molecule has 4 bridgehead atoms. The summed E-state index contributed by atoms with van der Waals surface area (Å²) >= 11 is 0. The van der Waals surface area contributed by atoms with Gasteiger partial charge in [0.1, 0.15) is 0 Å². The predicted octanol–water partition coefficient (Wildman–Crippen LogP) is 4.53. The van der Waals surface area contributed by atoms with Crippen molar-refractivity contribution in [2.75, 3.05) is 40.3 Å². The molecule has 4 aliphatic carbocycles. The third-order valence-electron chi connectivity index (χ3n) is 10.1. The zero-order valence-electron chi connectivity index (χ0n) is 20.8. The first kappa shape index (κ1) is 22.1. The molecule has 2 aliphatic heterocycles. The second-order valence-corrected chi connectivity index (χ2v) is 12.6. The molecule has 1 aromatic rings. The number of nitrogens with zero attached hydrogens (tertiary/aromatic N) is 3. The second-order valence-electron chi connectivity index (χ2n) is 12.6. The summed E-state index contributed by atoms with van der Waals surface area (Å²) in [6, 6.07) is 9.90. The van der Waals surface area contributed by atoms with E-state index in [9.17, 15) is 4.79 Å². The Bertz CT molecular complexity index is 843. The van der Waals surface area contributed by atoms with Gasteiger partial charge < -0.3 is 9.80 Å². The highest BCUT2D eigenvalue weighted by molar-refractivity contribution is 5.77. The Hall–Kier alpha value is -1.39. The molecule has 0 aromatic heterocycles. The Kier molecular flexibility index (Phi) is 5.81. The normalized spacial score (nSPS) is 34.8. The lowest BCUT2D eigenvalue weighted by Gasteiger charge is -2.59. The van der Waals surface area contributed by atoms with Gasteiger partial charge >= 0.3 is 0 Å². The van der Waals surface area contributed by atoms with Gasteiger partial charge in [-0.2, -0.15) is 0 Å². The molecule has 0 radical (unpaired) electrons. The van der Waals surface area contributed by atoms with Crippen LogP contribution in [-0.2, 0) is 16.8 Å². The van der Waals surface area contributed by atoms with Crippen LogP contribution < -0.4 is 0 Å². The fraction of sp³-hybridized carbons (Fsp3) is 0.759. The number of rotatable bonds is 5. The van der Waals surface area contributed by atoms with Crippen LogP contribution in [0.3, 0.4) is 0 Å². The van der Waals surface area contributed by atoms with Gasteiger partial charge in [0, 0.05) is 31.0 Å². The van der Waals surface area contributed by atoms with Crippen LogP contribution in [0.2, 0.25) is 0 Å². The molecule has 1 aromatic carbocycles. The molecule has 1 saturated heterocycles. The molecule has 0 N–H and O–H groups in total.